The Kier molecular flexibility index (Phi) is 20.6. The number of aryl methyl sites for hydroxylation is 1. The van der Waals surface area contributed by atoms with Gasteiger partial charge >= 0.3 is 12.1 Å². The number of hydrogen-bond donors (Lipinski definition) is 9. The maximum Gasteiger partial charge on any atom is 0.409 e. The molecule has 6 rings (SSSR count). The highest BCUT2D eigenvalue weighted by Gasteiger charge is 2.34. The third-order valence-electron chi connectivity index (χ3n) is 13.7. The van der Waals surface area contributed by atoms with Crippen LogP contribution in [0.25, 0.3) is 11.1 Å². The number of nitrogens with zero attached hydrogens (tertiary/aromatic N) is 5. The summed E-state index contributed by atoms with van der Waals surface area (Å²) in [5.41, 5.74) is 18.2. The number of likely N-dealkylation sites (tertiary alicyclic amines) is 1. The Morgan fingerprint density at radius 3 is 2.14 bits per heavy atom. The molecule has 0 spiro atoms. The molecule has 71 heavy (non-hydrogen) atoms. The van der Waals surface area contributed by atoms with E-state index in [2.05, 4.69) is 51.8 Å². The number of aromatic nitrogens is 2. The zero-order valence-corrected chi connectivity index (χ0v) is 41.6. The lowest BCUT2D eigenvalue weighted by Crippen LogP contribution is -2.51. The quantitative estimate of drug-likeness (QED) is 0.0422. The fourth-order valence-electron chi connectivity index (χ4n) is 9.56. The van der Waals surface area contributed by atoms with E-state index in [4.69, 9.17) is 27.8 Å². The van der Waals surface area contributed by atoms with Crippen molar-refractivity contribution in [2.75, 3.05) is 83.6 Å². The van der Waals surface area contributed by atoms with Crippen LogP contribution in [0.1, 0.15) is 84.1 Å². The number of nitrogen functional groups attached to an aromatic ring is 2. The second-order valence-corrected chi connectivity index (χ2v) is 19.2. The van der Waals surface area contributed by atoms with E-state index in [-0.39, 0.29) is 79.1 Å². The van der Waals surface area contributed by atoms with E-state index in [1.807, 2.05) is 60.4 Å². The van der Waals surface area contributed by atoms with Crippen LogP contribution in [0.15, 0.2) is 72.8 Å². The van der Waals surface area contributed by atoms with Gasteiger partial charge in [0.05, 0.1) is 12.7 Å². The van der Waals surface area contributed by atoms with Crippen molar-refractivity contribution >= 4 is 41.3 Å². The second kappa shape index (κ2) is 26.7. The molecular weight excluding hydrogens is 930 g/mol. The van der Waals surface area contributed by atoms with Crippen molar-refractivity contribution in [3.63, 3.8) is 0 Å². The van der Waals surface area contributed by atoms with Crippen LogP contribution < -0.4 is 22.1 Å². The number of carbonyl (C=O) groups is 3. The summed E-state index contributed by atoms with van der Waals surface area (Å²) in [6.45, 7) is 6.31. The van der Waals surface area contributed by atoms with Crippen LogP contribution in [0.2, 0.25) is 5.15 Å². The molecule has 19 heteroatoms. The van der Waals surface area contributed by atoms with Gasteiger partial charge in [-0.1, -0.05) is 111 Å². The van der Waals surface area contributed by atoms with Gasteiger partial charge in [-0.3, -0.25) is 9.69 Å². The Balaban J connectivity index is 1.13. The number of anilines is 2. The third kappa shape index (κ3) is 15.0. The zero-order valence-electron chi connectivity index (χ0n) is 40.8. The topological polar surface area (TPSA) is 273 Å². The number of urea groups is 1. The number of aliphatic hydroxyl groups is 5. The van der Waals surface area contributed by atoms with Crippen LogP contribution >= 0.6 is 11.6 Å². The van der Waals surface area contributed by atoms with Crippen LogP contribution in [-0.2, 0) is 11.2 Å². The van der Waals surface area contributed by atoms with Crippen LogP contribution in [-0.4, -0.2) is 165 Å². The smallest absolute Gasteiger partial charge is 0.409 e. The lowest BCUT2D eigenvalue weighted by Gasteiger charge is -2.36. The molecule has 0 radical (unpaired) electrons. The highest BCUT2D eigenvalue weighted by molar-refractivity contribution is 6.31. The molecule has 4 aromatic rings. The van der Waals surface area contributed by atoms with E-state index in [1.165, 1.54) is 0 Å². The molecule has 11 N–H and O–H groups in total. The van der Waals surface area contributed by atoms with Crippen molar-refractivity contribution < 1.29 is 44.7 Å². The largest absolute Gasteiger partial charge is 0.448 e. The number of amides is 4. The minimum absolute atomic E-state index is 0.0110. The number of nitrogens with one attached hydrogen (secondary N) is 2. The molecule has 2 heterocycles. The molecule has 0 unspecified atom stereocenters. The number of piperidine rings is 1. The number of carbonyl (C=O) groups excluding carboxylic acids is 3. The first kappa shape index (κ1) is 54.7. The first-order valence-electron chi connectivity index (χ1n) is 24.8. The van der Waals surface area contributed by atoms with E-state index < -0.39 is 43.0 Å². The Morgan fingerprint density at radius 1 is 0.831 bits per heavy atom. The van der Waals surface area contributed by atoms with Crippen LogP contribution in [0.5, 0.6) is 0 Å². The summed E-state index contributed by atoms with van der Waals surface area (Å²) < 4.78 is 6.27. The normalized spacial score (nSPS) is 15.9. The summed E-state index contributed by atoms with van der Waals surface area (Å²) in [7, 11) is 0. The van der Waals surface area contributed by atoms with Gasteiger partial charge < -0.3 is 62.2 Å². The Bertz CT molecular complexity index is 2330. The molecule has 1 saturated heterocycles. The number of halogens is 1. The molecule has 4 amide bonds. The molecule has 3 aromatic carbocycles. The highest BCUT2D eigenvalue weighted by Crippen LogP contribution is 2.44. The van der Waals surface area contributed by atoms with Gasteiger partial charge in [0, 0.05) is 58.3 Å². The Hall–Kier alpha value is -5.60. The minimum atomic E-state index is -1.73. The average molecular weight is 1000 g/mol. The van der Waals surface area contributed by atoms with Gasteiger partial charge in [0.15, 0.2) is 22.5 Å². The molecule has 1 aliphatic heterocycles. The number of fused-ring (bicyclic) bond motifs is 3. The average Bonchev–Trinajstić information content (AvgIpc) is 3.69. The van der Waals surface area contributed by atoms with Gasteiger partial charge in [-0.2, -0.15) is 0 Å². The first-order chi connectivity index (χ1) is 34.2. The van der Waals surface area contributed by atoms with Crippen molar-refractivity contribution in [2.45, 2.75) is 89.1 Å². The van der Waals surface area contributed by atoms with E-state index in [9.17, 15) is 39.9 Å². The molecule has 5 atom stereocenters. The van der Waals surface area contributed by atoms with Gasteiger partial charge in [-0.25, -0.2) is 19.6 Å². The van der Waals surface area contributed by atoms with Gasteiger partial charge in [-0.05, 0) is 84.4 Å². The summed E-state index contributed by atoms with van der Waals surface area (Å²) >= 11 is 6.12. The number of nitrogens with two attached hydrogens (primary N) is 2. The molecule has 1 fully saturated rings. The molecule has 386 valence electrons. The molecule has 1 aromatic heterocycles. The number of ether oxygens (including phenoxy) is 1. The summed E-state index contributed by atoms with van der Waals surface area (Å²) in [4.78, 5) is 55.1. The monoisotopic (exact) mass is 1000 g/mol. The van der Waals surface area contributed by atoms with E-state index in [0.717, 1.165) is 59.1 Å². The molecular formula is C52H72ClN9O9. The molecule has 18 nitrogen and oxygen atoms in total. The predicted octanol–water partition coefficient (Wildman–Crippen LogP) is 4.18. The van der Waals surface area contributed by atoms with Crippen LogP contribution in [0.3, 0.4) is 0 Å². The maximum atomic E-state index is 14.6. The number of benzene rings is 3. The van der Waals surface area contributed by atoms with Crippen molar-refractivity contribution in [1.82, 2.24) is 35.3 Å². The van der Waals surface area contributed by atoms with Crippen molar-refractivity contribution in [3.05, 3.63) is 106 Å². The molecule has 1 aliphatic carbocycles. The van der Waals surface area contributed by atoms with Crippen molar-refractivity contribution in [2.24, 2.45) is 11.8 Å². The predicted molar refractivity (Wildman–Crippen MR) is 273 cm³/mol. The van der Waals surface area contributed by atoms with Crippen LogP contribution in [0, 0.1) is 18.8 Å². The van der Waals surface area contributed by atoms with Gasteiger partial charge in [0.25, 0.3) is 5.91 Å². The first-order valence-corrected chi connectivity index (χ1v) is 25.2. The van der Waals surface area contributed by atoms with Gasteiger partial charge in [0.2, 0.25) is 0 Å². The fourth-order valence-corrected chi connectivity index (χ4v) is 9.68. The van der Waals surface area contributed by atoms with Gasteiger partial charge in [-0.15, -0.1) is 0 Å². The lowest BCUT2D eigenvalue weighted by molar-refractivity contribution is -0.119. The highest BCUT2D eigenvalue weighted by atomic mass is 35.5. The number of aliphatic hydroxyl groups excluding tert-OH is 5. The second-order valence-electron chi connectivity index (χ2n) is 18.9. The fraction of sp³-hybridized carbons (Fsp3) is 0.519. The Morgan fingerprint density at radius 2 is 1.48 bits per heavy atom. The van der Waals surface area contributed by atoms with Crippen molar-refractivity contribution in [1.29, 1.82) is 0 Å². The number of rotatable bonds is 25. The zero-order chi connectivity index (χ0) is 51.0. The van der Waals surface area contributed by atoms with Gasteiger partial charge in [0.1, 0.15) is 24.9 Å². The minimum Gasteiger partial charge on any atom is -0.448 e. The third-order valence-corrected chi connectivity index (χ3v) is 14.0. The lowest BCUT2D eigenvalue weighted by atomic mass is 9.93. The number of hydrogen-bond acceptors (Lipinski definition) is 14. The van der Waals surface area contributed by atoms with Crippen LogP contribution in [0.4, 0.5) is 21.2 Å². The summed E-state index contributed by atoms with van der Waals surface area (Å²) in [5.74, 6) is -1.27. The van der Waals surface area contributed by atoms with E-state index in [1.54, 1.807) is 9.80 Å². The molecule has 0 bridgehead atoms. The molecule has 0 saturated carbocycles. The summed E-state index contributed by atoms with van der Waals surface area (Å²) in [6.07, 6.45) is -1.27. The summed E-state index contributed by atoms with van der Waals surface area (Å²) in [5, 5.41) is 56.2. The van der Waals surface area contributed by atoms with E-state index >= 15 is 0 Å². The molecule has 2 aliphatic rings. The Labute approximate surface area is 421 Å². The SMILES string of the molecule is CCCCCCN(CCNC(=O)N1CCC(CN(C[C@H](CNC(=O)c2nc(Cl)c(N)nc2N)Cc2ccccc2C)C(=O)OCC2c3ccccc3-c3ccccc32)CC1)C[C@H](O)[C@@H](O)[C@H](O)[C@H](O)CO. The maximum absolute atomic E-state index is 14.6. The van der Waals surface area contributed by atoms with Crippen molar-refractivity contribution in [3.8, 4) is 11.1 Å². The summed E-state index contributed by atoms with van der Waals surface area (Å²) in [6, 6.07) is 24.0. The number of unbranched alkanes of at least 4 members (excludes halogenated alkanes) is 3. The van der Waals surface area contributed by atoms with E-state index in [0.29, 0.717) is 52.0 Å². The standard InChI is InChI=1S/C52H72ClN9O9/c1-3-4-5-12-22-60(30-42(64)45(66)46(67)43(65)31-63)25-21-56-51(69)61-23-19-34(20-24-61)28-62(52(70)71-32-41-39-17-10-8-15-37(39)38-16-9-11-18-40(38)41)29-35(26-36-14-7-6-13-33(36)2)27-57-50(68)44-48(54)59-49(55)47(53)58-44/h6-11,13-18,34-35,41-43,45-46,63-67H,3-5,12,19-32H2,1-2H3,(H,56,69)(H,57,68)(H4,54,55,59)/t35-,42-,43+,45+,46+/m0/s1.